The third kappa shape index (κ3) is 3.44. The first-order chi connectivity index (χ1) is 8.68. The van der Waals surface area contributed by atoms with Crippen molar-refractivity contribution < 1.29 is 9.53 Å². The monoisotopic (exact) mass is 245 g/mol. The van der Waals surface area contributed by atoms with Crippen molar-refractivity contribution in [3.63, 3.8) is 0 Å². The highest BCUT2D eigenvalue weighted by molar-refractivity contribution is 5.85. The van der Waals surface area contributed by atoms with Crippen molar-refractivity contribution in [1.29, 1.82) is 0 Å². The van der Waals surface area contributed by atoms with Gasteiger partial charge in [0.1, 0.15) is 6.10 Å². The molecule has 0 radical (unpaired) electrons. The highest BCUT2D eigenvalue weighted by Gasteiger charge is 2.43. The maximum absolute atomic E-state index is 10.5. The van der Waals surface area contributed by atoms with E-state index in [0.717, 1.165) is 12.8 Å². The third-order valence-corrected chi connectivity index (χ3v) is 3.29. The maximum Gasteiger partial charge on any atom is 0.241 e. The summed E-state index contributed by atoms with van der Waals surface area (Å²) in [6.07, 6.45) is 5.70. The van der Waals surface area contributed by atoms with Crippen LogP contribution in [0.4, 0.5) is 0 Å². The molecule has 18 heavy (non-hydrogen) atoms. The molecule has 1 aromatic carbocycles. The topological polar surface area (TPSA) is 55.6 Å². The molecule has 1 aliphatic rings. The Labute approximate surface area is 108 Å². The van der Waals surface area contributed by atoms with Gasteiger partial charge < -0.3 is 10.5 Å². The predicted octanol–water partition coefficient (Wildman–Crippen LogP) is 2.58. The van der Waals surface area contributed by atoms with Gasteiger partial charge in [0.2, 0.25) is 5.91 Å². The zero-order valence-electron chi connectivity index (χ0n) is 10.6. The fourth-order valence-electron chi connectivity index (χ4n) is 2.19. The van der Waals surface area contributed by atoms with Gasteiger partial charge in [0.05, 0.1) is 6.10 Å². The van der Waals surface area contributed by atoms with Crippen molar-refractivity contribution in [2.75, 3.05) is 0 Å². The number of epoxide rings is 1. The fraction of sp³-hybridized carbons (Fsp3) is 0.400. The van der Waals surface area contributed by atoms with Crippen LogP contribution in [-0.2, 0) is 9.53 Å². The van der Waals surface area contributed by atoms with Crippen LogP contribution in [0.3, 0.4) is 0 Å². The molecule has 1 amide bonds. The van der Waals surface area contributed by atoms with E-state index < -0.39 is 0 Å². The molecule has 1 fully saturated rings. The van der Waals surface area contributed by atoms with E-state index in [2.05, 4.69) is 19.1 Å². The number of amides is 1. The average Bonchev–Trinajstić information content (AvgIpc) is 3.15. The molecule has 96 valence electrons. The first-order valence-corrected chi connectivity index (χ1v) is 6.35. The predicted molar refractivity (Wildman–Crippen MR) is 70.8 cm³/mol. The third-order valence-electron chi connectivity index (χ3n) is 3.29. The number of carbonyl (C=O) groups excluding carboxylic acids is 1. The number of hydrogen-bond donors (Lipinski definition) is 1. The fourth-order valence-corrected chi connectivity index (χ4v) is 2.19. The van der Waals surface area contributed by atoms with Crippen LogP contribution in [0.5, 0.6) is 0 Å². The molecule has 0 saturated carbocycles. The number of carbonyl (C=O) groups is 1. The summed E-state index contributed by atoms with van der Waals surface area (Å²) in [5, 5.41) is 0. The van der Waals surface area contributed by atoms with Crippen LogP contribution in [-0.4, -0.2) is 12.0 Å². The first kappa shape index (κ1) is 12.8. The summed E-state index contributed by atoms with van der Waals surface area (Å²) < 4.78 is 5.73. The van der Waals surface area contributed by atoms with Gasteiger partial charge in [0.25, 0.3) is 0 Å². The lowest BCUT2D eigenvalue weighted by Crippen LogP contribution is -2.06. The molecule has 0 aliphatic carbocycles. The van der Waals surface area contributed by atoms with Gasteiger partial charge in [0.15, 0.2) is 0 Å². The molecule has 3 nitrogen and oxygen atoms in total. The van der Waals surface area contributed by atoms with E-state index in [9.17, 15) is 4.79 Å². The Morgan fingerprint density at radius 3 is 2.83 bits per heavy atom. The highest BCUT2D eigenvalue weighted by Crippen LogP contribution is 2.44. The molecule has 2 N–H and O–H groups in total. The van der Waals surface area contributed by atoms with E-state index in [1.807, 2.05) is 24.3 Å². The van der Waals surface area contributed by atoms with Crippen LogP contribution >= 0.6 is 0 Å². The molecule has 3 heteroatoms. The van der Waals surface area contributed by atoms with Gasteiger partial charge >= 0.3 is 0 Å². The van der Waals surface area contributed by atoms with Crippen LogP contribution < -0.4 is 5.73 Å². The summed E-state index contributed by atoms with van der Waals surface area (Å²) >= 11 is 0. The Morgan fingerprint density at radius 1 is 1.44 bits per heavy atom. The number of ether oxygens (including phenoxy) is 1. The second-order valence-corrected chi connectivity index (χ2v) is 4.79. The minimum Gasteiger partial charge on any atom is -0.366 e. The van der Waals surface area contributed by atoms with Gasteiger partial charge in [0, 0.05) is 0 Å². The standard InChI is InChI=1S/C15H19NO2/c1-11(7-5-6-10-13(16)17)14-15(18-14)12-8-3-2-4-9-12/h2-4,6,8-11,14-15H,5,7H2,1H3,(H2,16,17)/b10-6+. The molecule has 1 heterocycles. The van der Waals surface area contributed by atoms with E-state index in [0.29, 0.717) is 12.0 Å². The van der Waals surface area contributed by atoms with Gasteiger partial charge in [-0.05, 0) is 30.4 Å². The van der Waals surface area contributed by atoms with Crippen LogP contribution in [0.15, 0.2) is 42.5 Å². The van der Waals surface area contributed by atoms with Crippen LogP contribution in [0, 0.1) is 5.92 Å². The van der Waals surface area contributed by atoms with Crippen molar-refractivity contribution in [1.82, 2.24) is 0 Å². The number of rotatable bonds is 6. The second-order valence-electron chi connectivity index (χ2n) is 4.79. The van der Waals surface area contributed by atoms with Gasteiger partial charge in [-0.2, -0.15) is 0 Å². The van der Waals surface area contributed by atoms with Crippen molar-refractivity contribution in [3.8, 4) is 0 Å². The number of primary amides is 1. The van der Waals surface area contributed by atoms with E-state index >= 15 is 0 Å². The quantitative estimate of drug-likeness (QED) is 0.618. The summed E-state index contributed by atoms with van der Waals surface area (Å²) in [5.74, 6) is 0.111. The zero-order chi connectivity index (χ0) is 13.0. The minimum absolute atomic E-state index is 0.251. The lowest BCUT2D eigenvalue weighted by molar-refractivity contribution is -0.113. The zero-order valence-corrected chi connectivity index (χ0v) is 10.6. The summed E-state index contributed by atoms with van der Waals surface area (Å²) in [6.45, 7) is 2.19. The normalized spacial score (nSPS) is 24.1. The molecule has 1 aliphatic heterocycles. The van der Waals surface area contributed by atoms with Crippen molar-refractivity contribution in [2.24, 2.45) is 11.7 Å². The molecule has 1 saturated heterocycles. The largest absolute Gasteiger partial charge is 0.366 e. The SMILES string of the molecule is CC(CC/C=C/C(N)=O)C1OC1c1ccccc1. The molecule has 0 aromatic heterocycles. The summed E-state index contributed by atoms with van der Waals surface area (Å²) in [6, 6.07) is 10.3. The highest BCUT2D eigenvalue weighted by atomic mass is 16.6. The smallest absolute Gasteiger partial charge is 0.241 e. The Morgan fingerprint density at radius 2 is 2.17 bits per heavy atom. The minimum atomic E-state index is -0.382. The number of allylic oxidation sites excluding steroid dienone is 1. The molecule has 0 bridgehead atoms. The number of hydrogen-bond acceptors (Lipinski definition) is 2. The maximum atomic E-state index is 10.5. The van der Waals surface area contributed by atoms with Gasteiger partial charge in [-0.3, -0.25) is 4.79 Å². The van der Waals surface area contributed by atoms with Crippen LogP contribution in [0.2, 0.25) is 0 Å². The van der Waals surface area contributed by atoms with Gasteiger partial charge in [-0.1, -0.05) is 43.3 Å². The van der Waals surface area contributed by atoms with E-state index in [1.165, 1.54) is 11.6 Å². The Hall–Kier alpha value is -1.61. The molecule has 3 atom stereocenters. The first-order valence-electron chi connectivity index (χ1n) is 6.35. The van der Waals surface area contributed by atoms with Gasteiger partial charge in [-0.25, -0.2) is 0 Å². The Balaban J connectivity index is 1.76. The summed E-state index contributed by atoms with van der Waals surface area (Å²) in [4.78, 5) is 10.5. The number of nitrogens with two attached hydrogens (primary N) is 1. The van der Waals surface area contributed by atoms with Crippen LogP contribution in [0.25, 0.3) is 0 Å². The van der Waals surface area contributed by atoms with E-state index in [1.54, 1.807) is 0 Å². The molecule has 2 rings (SSSR count). The van der Waals surface area contributed by atoms with Gasteiger partial charge in [-0.15, -0.1) is 0 Å². The molecular formula is C15H19NO2. The lowest BCUT2D eigenvalue weighted by atomic mass is 9.97. The lowest BCUT2D eigenvalue weighted by Gasteiger charge is -2.05. The van der Waals surface area contributed by atoms with E-state index in [-0.39, 0.29) is 12.0 Å². The van der Waals surface area contributed by atoms with Crippen LogP contribution in [0.1, 0.15) is 31.4 Å². The van der Waals surface area contributed by atoms with Crippen molar-refractivity contribution >= 4 is 5.91 Å². The molecule has 3 unspecified atom stereocenters. The summed E-state index contributed by atoms with van der Waals surface area (Å²) in [5.41, 5.74) is 6.28. The molecule has 0 spiro atoms. The second kappa shape index (κ2) is 5.83. The van der Waals surface area contributed by atoms with E-state index in [4.69, 9.17) is 10.5 Å². The summed E-state index contributed by atoms with van der Waals surface area (Å²) in [7, 11) is 0. The molecular weight excluding hydrogens is 226 g/mol. The molecule has 1 aromatic rings. The number of benzene rings is 1. The Bertz CT molecular complexity index is 427. The Kier molecular flexibility index (Phi) is 4.15. The van der Waals surface area contributed by atoms with Crippen molar-refractivity contribution in [3.05, 3.63) is 48.0 Å². The van der Waals surface area contributed by atoms with Crippen molar-refractivity contribution in [2.45, 2.75) is 32.0 Å². The average molecular weight is 245 g/mol.